The number of hydrogen-bond acceptors (Lipinski definition) is 1. The number of carbonyl (C=O) groups is 1. The van der Waals surface area contributed by atoms with Crippen LogP contribution in [0.15, 0.2) is 36.0 Å². The topological polar surface area (TPSA) is 37.3 Å². The van der Waals surface area contributed by atoms with Gasteiger partial charge in [0.25, 0.3) is 0 Å². The first-order valence-corrected chi connectivity index (χ1v) is 8.34. The number of rotatable bonds is 13. The van der Waals surface area contributed by atoms with Gasteiger partial charge in [-0.15, -0.1) is 0 Å². The summed E-state index contributed by atoms with van der Waals surface area (Å²) in [7, 11) is 0. The second-order valence-corrected chi connectivity index (χ2v) is 5.54. The first-order chi connectivity index (χ1) is 10.2. The number of unbranched alkanes of at least 4 members (excludes halogenated alkanes) is 5. The van der Waals surface area contributed by atoms with E-state index in [1.165, 1.54) is 18.4 Å². The molecule has 0 aliphatic heterocycles. The summed E-state index contributed by atoms with van der Waals surface area (Å²) in [5.74, 6) is -0.674. The third kappa shape index (κ3) is 16.6. The third-order valence-electron chi connectivity index (χ3n) is 3.37. The Kier molecular flexibility index (Phi) is 14.1. The maximum atomic E-state index is 10.4. The highest BCUT2D eigenvalue weighted by Crippen LogP contribution is 2.10. The molecular weight excluding hydrogens is 260 g/mol. The fourth-order valence-electron chi connectivity index (χ4n) is 2.09. The summed E-state index contributed by atoms with van der Waals surface area (Å²) < 4.78 is 0. The largest absolute Gasteiger partial charge is 0.481 e. The van der Waals surface area contributed by atoms with Crippen LogP contribution in [-0.2, 0) is 4.79 Å². The Hall–Kier alpha value is -1.31. The van der Waals surface area contributed by atoms with Gasteiger partial charge in [-0.05, 0) is 45.4 Å². The monoisotopic (exact) mass is 292 g/mol. The van der Waals surface area contributed by atoms with Crippen molar-refractivity contribution in [1.29, 1.82) is 0 Å². The normalized spacial score (nSPS) is 12.6. The van der Waals surface area contributed by atoms with Crippen LogP contribution in [0.5, 0.6) is 0 Å². The molecule has 2 nitrogen and oxygen atoms in total. The maximum absolute atomic E-state index is 10.4. The number of carboxylic acids is 1. The lowest BCUT2D eigenvalue weighted by Gasteiger charge is -2.00. The van der Waals surface area contributed by atoms with Gasteiger partial charge in [0.2, 0.25) is 0 Å². The summed E-state index contributed by atoms with van der Waals surface area (Å²) in [6.45, 7) is 4.35. The van der Waals surface area contributed by atoms with Crippen LogP contribution in [0.25, 0.3) is 0 Å². The molecule has 0 aliphatic rings. The molecule has 0 saturated heterocycles. The Labute approximate surface area is 130 Å². The molecule has 0 bridgehead atoms. The van der Waals surface area contributed by atoms with Crippen molar-refractivity contribution in [2.24, 2.45) is 0 Å². The summed E-state index contributed by atoms with van der Waals surface area (Å²) in [4.78, 5) is 10.4. The zero-order chi connectivity index (χ0) is 15.8. The summed E-state index contributed by atoms with van der Waals surface area (Å²) in [5, 5.41) is 8.53. The van der Waals surface area contributed by atoms with Crippen LogP contribution in [0, 0.1) is 0 Å². The summed E-state index contributed by atoms with van der Waals surface area (Å²) in [5.41, 5.74) is 1.44. The average Bonchev–Trinajstić information content (AvgIpc) is 2.45. The molecule has 0 aromatic carbocycles. The summed E-state index contributed by atoms with van der Waals surface area (Å²) in [6, 6.07) is 0. The van der Waals surface area contributed by atoms with Crippen LogP contribution in [0.2, 0.25) is 0 Å². The highest BCUT2D eigenvalue weighted by atomic mass is 16.4. The number of allylic oxidation sites excluding steroid dienone is 6. The van der Waals surface area contributed by atoms with Crippen LogP contribution >= 0.6 is 0 Å². The molecule has 2 heteroatoms. The van der Waals surface area contributed by atoms with Gasteiger partial charge in [0.15, 0.2) is 0 Å². The van der Waals surface area contributed by atoms with E-state index >= 15 is 0 Å². The van der Waals surface area contributed by atoms with Gasteiger partial charge in [-0.2, -0.15) is 0 Å². The van der Waals surface area contributed by atoms with E-state index in [0.717, 1.165) is 44.9 Å². The minimum absolute atomic E-state index is 0.318. The van der Waals surface area contributed by atoms with E-state index in [4.69, 9.17) is 5.11 Å². The number of aliphatic carboxylic acids is 1. The van der Waals surface area contributed by atoms with E-state index < -0.39 is 5.97 Å². The molecule has 0 heterocycles. The zero-order valence-electron chi connectivity index (χ0n) is 13.8. The van der Waals surface area contributed by atoms with Crippen molar-refractivity contribution in [3.8, 4) is 0 Å². The van der Waals surface area contributed by atoms with Crippen molar-refractivity contribution >= 4 is 5.97 Å². The van der Waals surface area contributed by atoms with Crippen molar-refractivity contribution in [3.05, 3.63) is 36.0 Å². The molecule has 21 heavy (non-hydrogen) atoms. The second kappa shape index (κ2) is 15.1. The molecule has 0 amide bonds. The van der Waals surface area contributed by atoms with E-state index in [2.05, 4.69) is 44.2 Å². The first-order valence-electron chi connectivity index (χ1n) is 8.34. The number of carboxylic acid groups (broad SMARTS) is 1. The molecule has 0 rings (SSSR count). The Balaban J connectivity index is 3.47. The highest BCUT2D eigenvalue weighted by molar-refractivity contribution is 5.66. The molecule has 0 spiro atoms. The molecule has 0 fully saturated rings. The predicted molar refractivity (Wildman–Crippen MR) is 91.5 cm³/mol. The van der Waals surface area contributed by atoms with E-state index in [0.29, 0.717) is 6.42 Å². The zero-order valence-corrected chi connectivity index (χ0v) is 13.8. The number of hydrogen-bond donors (Lipinski definition) is 1. The quantitative estimate of drug-likeness (QED) is 0.331. The Morgan fingerprint density at radius 3 is 2.33 bits per heavy atom. The van der Waals surface area contributed by atoms with Crippen molar-refractivity contribution < 1.29 is 9.90 Å². The summed E-state index contributed by atoms with van der Waals surface area (Å²) >= 11 is 0. The first kappa shape index (κ1) is 19.7. The van der Waals surface area contributed by atoms with Gasteiger partial charge in [0.05, 0.1) is 0 Å². The van der Waals surface area contributed by atoms with Crippen molar-refractivity contribution in [2.45, 2.75) is 78.1 Å². The smallest absolute Gasteiger partial charge is 0.303 e. The molecule has 0 atom stereocenters. The molecule has 0 aromatic rings. The lowest BCUT2D eigenvalue weighted by atomic mass is 10.1. The molecule has 0 aromatic heterocycles. The summed E-state index contributed by atoms with van der Waals surface area (Å²) in [6.07, 6.45) is 21.3. The molecule has 1 N–H and O–H groups in total. The van der Waals surface area contributed by atoms with Crippen LogP contribution < -0.4 is 0 Å². The van der Waals surface area contributed by atoms with E-state index in [1.807, 2.05) is 0 Å². The minimum atomic E-state index is -0.674. The lowest BCUT2D eigenvalue weighted by Crippen LogP contribution is -1.93. The fourth-order valence-corrected chi connectivity index (χ4v) is 2.09. The molecule has 0 aliphatic carbocycles. The maximum Gasteiger partial charge on any atom is 0.303 e. The van der Waals surface area contributed by atoms with Gasteiger partial charge < -0.3 is 5.11 Å². The molecule has 0 unspecified atom stereocenters. The standard InChI is InChI=1S/C19H32O2/c1-3-4-5-6-9-12-15-18(2)16-13-10-7-8-11-14-17-19(20)21/h4-5,9,12,16H,3,6-8,10-11,13-15,17H2,1-2H3,(H,20,21)/b5-4-,12-9-,18-16-. The third-order valence-corrected chi connectivity index (χ3v) is 3.37. The average molecular weight is 292 g/mol. The van der Waals surface area contributed by atoms with E-state index in [-0.39, 0.29) is 0 Å². The Bertz CT molecular complexity index is 337. The van der Waals surface area contributed by atoms with Crippen molar-refractivity contribution in [1.82, 2.24) is 0 Å². The van der Waals surface area contributed by atoms with Crippen molar-refractivity contribution in [3.63, 3.8) is 0 Å². The van der Waals surface area contributed by atoms with Crippen LogP contribution in [0.1, 0.15) is 78.1 Å². The van der Waals surface area contributed by atoms with Gasteiger partial charge in [-0.1, -0.05) is 62.1 Å². The molecule has 120 valence electrons. The van der Waals surface area contributed by atoms with Crippen LogP contribution in [0.4, 0.5) is 0 Å². The second-order valence-electron chi connectivity index (χ2n) is 5.54. The van der Waals surface area contributed by atoms with Gasteiger partial charge in [0, 0.05) is 6.42 Å². The van der Waals surface area contributed by atoms with Gasteiger partial charge in [0.1, 0.15) is 0 Å². The van der Waals surface area contributed by atoms with Crippen LogP contribution in [-0.4, -0.2) is 11.1 Å². The highest BCUT2D eigenvalue weighted by Gasteiger charge is 1.96. The van der Waals surface area contributed by atoms with Gasteiger partial charge in [-0.3, -0.25) is 4.79 Å². The van der Waals surface area contributed by atoms with E-state index in [9.17, 15) is 4.79 Å². The van der Waals surface area contributed by atoms with E-state index in [1.54, 1.807) is 0 Å². The van der Waals surface area contributed by atoms with Crippen LogP contribution in [0.3, 0.4) is 0 Å². The molecule has 0 radical (unpaired) electrons. The Morgan fingerprint density at radius 2 is 1.62 bits per heavy atom. The Morgan fingerprint density at radius 1 is 0.952 bits per heavy atom. The predicted octanol–water partition coefficient (Wildman–Crippen LogP) is 6.05. The molecule has 0 saturated carbocycles. The fraction of sp³-hybridized carbons (Fsp3) is 0.632. The van der Waals surface area contributed by atoms with Crippen molar-refractivity contribution in [2.75, 3.05) is 0 Å². The SMILES string of the molecule is CC/C=C\C/C=C\C/C(C)=C\CCCCCCCC(=O)O. The lowest BCUT2D eigenvalue weighted by molar-refractivity contribution is -0.137. The molecular formula is C19H32O2. The van der Waals surface area contributed by atoms with Gasteiger partial charge in [-0.25, -0.2) is 0 Å². The van der Waals surface area contributed by atoms with Gasteiger partial charge >= 0.3 is 5.97 Å². The minimum Gasteiger partial charge on any atom is -0.481 e.